The molecule has 7 heteroatoms. The molecule has 0 aliphatic heterocycles. The number of nitrogens with one attached hydrogen (secondary N) is 1. The number of aryl methyl sites for hydroxylation is 1. The Morgan fingerprint density at radius 1 is 1.19 bits per heavy atom. The first-order valence-corrected chi connectivity index (χ1v) is 9.80. The summed E-state index contributed by atoms with van der Waals surface area (Å²) in [5, 5.41) is 2.79. The van der Waals surface area contributed by atoms with Gasteiger partial charge in [-0.05, 0) is 44.2 Å². The van der Waals surface area contributed by atoms with Gasteiger partial charge in [0.25, 0.3) is 0 Å². The average Bonchev–Trinajstić information content (AvgIpc) is 2.60. The lowest BCUT2D eigenvalue weighted by molar-refractivity contribution is -0.121. The first kappa shape index (κ1) is 19.9. The van der Waals surface area contributed by atoms with Crippen LogP contribution in [0.4, 0.5) is 4.39 Å². The van der Waals surface area contributed by atoms with Gasteiger partial charge in [-0.2, -0.15) is 0 Å². The van der Waals surface area contributed by atoms with E-state index in [-0.39, 0.29) is 29.0 Å². The molecule has 0 aliphatic rings. The van der Waals surface area contributed by atoms with E-state index < -0.39 is 15.7 Å². The van der Waals surface area contributed by atoms with Crippen molar-refractivity contribution in [3.8, 4) is 5.75 Å². The standard InChI is InChI=1S/C19H22FNO4S/c1-13-4-9-18(25-3)17(12-13)14(2)21-19(22)10-11-26(23,24)16-7-5-15(20)6-8-16/h4-9,12,14H,10-11H2,1-3H3,(H,21,22)/t14-/m1/s1. The van der Waals surface area contributed by atoms with E-state index in [0.29, 0.717) is 5.75 Å². The monoisotopic (exact) mass is 379 g/mol. The lowest BCUT2D eigenvalue weighted by atomic mass is 10.0. The van der Waals surface area contributed by atoms with Gasteiger partial charge >= 0.3 is 0 Å². The molecule has 0 bridgehead atoms. The molecule has 0 spiro atoms. The Labute approximate surface area is 153 Å². The Morgan fingerprint density at radius 3 is 2.46 bits per heavy atom. The minimum absolute atomic E-state index is 0.0000943. The van der Waals surface area contributed by atoms with Crippen LogP contribution in [0, 0.1) is 12.7 Å². The minimum atomic E-state index is -3.64. The second kappa shape index (κ2) is 8.31. The van der Waals surface area contributed by atoms with E-state index in [9.17, 15) is 17.6 Å². The van der Waals surface area contributed by atoms with Crippen LogP contribution in [-0.2, 0) is 14.6 Å². The molecule has 0 saturated heterocycles. The third kappa shape index (κ3) is 5.05. The highest BCUT2D eigenvalue weighted by atomic mass is 32.2. The fourth-order valence-electron chi connectivity index (χ4n) is 2.57. The van der Waals surface area contributed by atoms with E-state index >= 15 is 0 Å². The summed E-state index contributed by atoms with van der Waals surface area (Å²) >= 11 is 0. The van der Waals surface area contributed by atoms with E-state index in [1.807, 2.05) is 32.0 Å². The SMILES string of the molecule is COc1ccc(C)cc1[C@@H](C)NC(=O)CCS(=O)(=O)c1ccc(F)cc1. The summed E-state index contributed by atoms with van der Waals surface area (Å²) in [5.41, 5.74) is 1.85. The van der Waals surface area contributed by atoms with Crippen molar-refractivity contribution >= 4 is 15.7 Å². The highest BCUT2D eigenvalue weighted by Crippen LogP contribution is 2.26. The molecule has 0 heterocycles. The van der Waals surface area contributed by atoms with Crippen molar-refractivity contribution < 1.29 is 22.3 Å². The van der Waals surface area contributed by atoms with Crippen molar-refractivity contribution in [3.05, 3.63) is 59.4 Å². The van der Waals surface area contributed by atoms with E-state index in [0.717, 1.165) is 23.3 Å². The fourth-order valence-corrected chi connectivity index (χ4v) is 3.81. The van der Waals surface area contributed by atoms with Crippen molar-refractivity contribution in [2.75, 3.05) is 12.9 Å². The molecule has 0 fully saturated rings. The molecule has 0 radical (unpaired) electrons. The van der Waals surface area contributed by atoms with Gasteiger partial charge in [-0.1, -0.05) is 17.7 Å². The van der Waals surface area contributed by atoms with Gasteiger partial charge < -0.3 is 10.1 Å². The molecule has 1 N–H and O–H groups in total. The van der Waals surface area contributed by atoms with Gasteiger partial charge in [0.2, 0.25) is 5.91 Å². The third-order valence-corrected chi connectivity index (χ3v) is 5.73. The zero-order chi connectivity index (χ0) is 19.3. The average molecular weight is 379 g/mol. The van der Waals surface area contributed by atoms with Crippen molar-refractivity contribution in [3.63, 3.8) is 0 Å². The highest BCUT2D eigenvalue weighted by Gasteiger charge is 2.19. The van der Waals surface area contributed by atoms with Gasteiger partial charge in [-0.15, -0.1) is 0 Å². The van der Waals surface area contributed by atoms with Crippen molar-refractivity contribution in [2.24, 2.45) is 0 Å². The van der Waals surface area contributed by atoms with E-state index in [1.165, 1.54) is 12.1 Å². The van der Waals surface area contributed by atoms with Crippen LogP contribution in [0.25, 0.3) is 0 Å². The summed E-state index contributed by atoms with van der Waals surface area (Å²) in [4.78, 5) is 12.2. The summed E-state index contributed by atoms with van der Waals surface area (Å²) in [5.74, 6) is -0.584. The summed E-state index contributed by atoms with van der Waals surface area (Å²) < 4.78 is 42.7. The zero-order valence-electron chi connectivity index (χ0n) is 15.0. The maximum Gasteiger partial charge on any atom is 0.221 e. The Balaban J connectivity index is 2.00. The number of halogens is 1. The van der Waals surface area contributed by atoms with Crippen LogP contribution in [-0.4, -0.2) is 27.2 Å². The van der Waals surface area contributed by atoms with Crippen LogP contribution in [0.3, 0.4) is 0 Å². The first-order chi connectivity index (χ1) is 12.2. The second-order valence-electron chi connectivity index (χ2n) is 6.06. The predicted molar refractivity (Wildman–Crippen MR) is 97.4 cm³/mol. The maximum absolute atomic E-state index is 12.9. The van der Waals surface area contributed by atoms with Gasteiger partial charge in [0.15, 0.2) is 9.84 Å². The van der Waals surface area contributed by atoms with Gasteiger partial charge in [-0.25, -0.2) is 12.8 Å². The van der Waals surface area contributed by atoms with Gasteiger partial charge in [0, 0.05) is 12.0 Å². The largest absolute Gasteiger partial charge is 0.496 e. The second-order valence-corrected chi connectivity index (χ2v) is 8.17. The molecular weight excluding hydrogens is 357 g/mol. The van der Waals surface area contributed by atoms with Crippen molar-refractivity contribution in [2.45, 2.75) is 31.2 Å². The Morgan fingerprint density at radius 2 is 1.85 bits per heavy atom. The van der Waals surface area contributed by atoms with Gasteiger partial charge in [-0.3, -0.25) is 4.79 Å². The van der Waals surface area contributed by atoms with E-state index in [2.05, 4.69) is 5.32 Å². The molecular formula is C19H22FNO4S. The van der Waals surface area contributed by atoms with Crippen LogP contribution in [0.2, 0.25) is 0 Å². The molecule has 2 aromatic carbocycles. The third-order valence-electron chi connectivity index (χ3n) is 4.00. The number of amides is 1. The quantitative estimate of drug-likeness (QED) is 0.750. The van der Waals surface area contributed by atoms with Crippen molar-refractivity contribution in [1.29, 1.82) is 0 Å². The zero-order valence-corrected chi connectivity index (χ0v) is 15.8. The molecule has 1 atom stereocenters. The number of ether oxygens (including phenoxy) is 1. The first-order valence-electron chi connectivity index (χ1n) is 8.15. The highest BCUT2D eigenvalue weighted by molar-refractivity contribution is 7.91. The topological polar surface area (TPSA) is 72.5 Å². The molecule has 26 heavy (non-hydrogen) atoms. The molecule has 0 aliphatic carbocycles. The molecule has 0 saturated carbocycles. The molecule has 140 valence electrons. The van der Waals surface area contributed by atoms with Crippen LogP contribution in [0.5, 0.6) is 5.75 Å². The van der Waals surface area contributed by atoms with Crippen LogP contribution >= 0.6 is 0 Å². The summed E-state index contributed by atoms with van der Waals surface area (Å²) in [6, 6.07) is 9.88. The molecule has 5 nitrogen and oxygen atoms in total. The minimum Gasteiger partial charge on any atom is -0.496 e. The van der Waals surface area contributed by atoms with Crippen molar-refractivity contribution in [1.82, 2.24) is 5.32 Å². The number of hydrogen-bond acceptors (Lipinski definition) is 4. The molecule has 2 rings (SSSR count). The predicted octanol–water partition coefficient (Wildman–Crippen LogP) is 3.18. The summed E-state index contributed by atoms with van der Waals surface area (Å²) in [6.07, 6.45) is -0.182. The summed E-state index contributed by atoms with van der Waals surface area (Å²) in [7, 11) is -2.09. The fraction of sp³-hybridized carbons (Fsp3) is 0.316. The van der Waals surface area contributed by atoms with Crippen LogP contribution in [0.15, 0.2) is 47.4 Å². The van der Waals surface area contributed by atoms with Crippen LogP contribution < -0.4 is 10.1 Å². The lowest BCUT2D eigenvalue weighted by Gasteiger charge is -2.18. The van der Waals surface area contributed by atoms with Gasteiger partial charge in [0.1, 0.15) is 11.6 Å². The van der Waals surface area contributed by atoms with E-state index in [4.69, 9.17) is 4.74 Å². The molecule has 0 unspecified atom stereocenters. The normalized spacial score (nSPS) is 12.5. The van der Waals surface area contributed by atoms with Crippen LogP contribution in [0.1, 0.15) is 30.5 Å². The number of sulfone groups is 1. The number of carbonyl (C=O) groups excluding carboxylic acids is 1. The molecule has 0 aromatic heterocycles. The number of methoxy groups -OCH3 is 1. The Kier molecular flexibility index (Phi) is 6.37. The Hall–Kier alpha value is -2.41. The summed E-state index contributed by atoms with van der Waals surface area (Å²) in [6.45, 7) is 3.75. The maximum atomic E-state index is 12.9. The Bertz CT molecular complexity index is 879. The smallest absolute Gasteiger partial charge is 0.221 e. The number of carbonyl (C=O) groups is 1. The van der Waals surface area contributed by atoms with E-state index in [1.54, 1.807) is 7.11 Å². The molecule has 2 aromatic rings. The lowest BCUT2D eigenvalue weighted by Crippen LogP contribution is -2.28. The van der Waals surface area contributed by atoms with Gasteiger partial charge in [0.05, 0.1) is 23.8 Å². The number of benzene rings is 2. The number of hydrogen-bond donors (Lipinski definition) is 1. The molecule has 1 amide bonds. The number of rotatable bonds is 7.